The molecule has 2 aromatic rings. The Labute approximate surface area is 170 Å². The van der Waals surface area contributed by atoms with Crippen molar-refractivity contribution in [2.24, 2.45) is 0 Å². The molecule has 1 heterocycles. The summed E-state index contributed by atoms with van der Waals surface area (Å²) >= 11 is 0. The SMILES string of the molecule is COc1ccccc1CNC(=O)CN1C(=O)CC(C)(C)S(=O)(=O)c2ccccc21. The molecule has 0 aromatic heterocycles. The van der Waals surface area contributed by atoms with Crippen molar-refractivity contribution in [3.63, 3.8) is 0 Å². The summed E-state index contributed by atoms with van der Waals surface area (Å²) in [4.78, 5) is 26.7. The van der Waals surface area contributed by atoms with E-state index < -0.39 is 26.4 Å². The minimum Gasteiger partial charge on any atom is -0.496 e. The Hall–Kier alpha value is -2.87. The van der Waals surface area contributed by atoms with Gasteiger partial charge in [0, 0.05) is 18.5 Å². The molecule has 3 rings (SSSR count). The maximum Gasteiger partial charge on any atom is 0.240 e. The molecule has 0 spiro atoms. The zero-order chi connectivity index (χ0) is 21.2. The zero-order valence-corrected chi connectivity index (χ0v) is 17.5. The second-order valence-electron chi connectivity index (χ2n) is 7.48. The number of rotatable bonds is 5. The van der Waals surface area contributed by atoms with Crippen molar-refractivity contribution in [2.75, 3.05) is 18.6 Å². The molecule has 2 amide bonds. The van der Waals surface area contributed by atoms with Crippen molar-refractivity contribution >= 4 is 27.3 Å². The highest BCUT2D eigenvalue weighted by Gasteiger charge is 2.44. The van der Waals surface area contributed by atoms with Crippen molar-refractivity contribution in [3.8, 4) is 5.75 Å². The predicted molar refractivity (Wildman–Crippen MR) is 110 cm³/mol. The Kier molecular flexibility index (Phi) is 5.66. The van der Waals surface area contributed by atoms with E-state index in [4.69, 9.17) is 4.74 Å². The molecular weight excluding hydrogens is 392 g/mol. The van der Waals surface area contributed by atoms with Gasteiger partial charge in [-0.3, -0.25) is 9.59 Å². The zero-order valence-electron chi connectivity index (χ0n) is 16.6. The molecule has 0 aliphatic carbocycles. The van der Waals surface area contributed by atoms with Gasteiger partial charge in [-0.05, 0) is 32.0 Å². The number of nitrogens with zero attached hydrogens (tertiary/aromatic N) is 1. The maximum absolute atomic E-state index is 13.0. The summed E-state index contributed by atoms with van der Waals surface area (Å²) in [6.45, 7) is 3.03. The summed E-state index contributed by atoms with van der Waals surface area (Å²) in [5.41, 5.74) is 1.03. The molecule has 1 aliphatic heterocycles. The van der Waals surface area contributed by atoms with Crippen LogP contribution >= 0.6 is 0 Å². The lowest BCUT2D eigenvalue weighted by Crippen LogP contribution is -2.42. The Morgan fingerprint density at radius 2 is 1.79 bits per heavy atom. The molecule has 1 N–H and O–H groups in total. The van der Waals surface area contributed by atoms with E-state index in [0.717, 1.165) is 5.56 Å². The first-order valence-corrected chi connectivity index (χ1v) is 10.7. The standard InChI is InChI=1S/C21H24N2O5S/c1-21(2)12-20(25)23(16-9-5-7-11-18(16)29(21,26)27)14-19(24)22-13-15-8-4-6-10-17(15)28-3/h4-11H,12-14H2,1-3H3,(H,22,24). The maximum atomic E-state index is 13.0. The number of fused-ring (bicyclic) bond motifs is 1. The van der Waals surface area contributed by atoms with Crippen molar-refractivity contribution in [1.82, 2.24) is 5.32 Å². The summed E-state index contributed by atoms with van der Waals surface area (Å²) in [7, 11) is -2.18. The lowest BCUT2D eigenvalue weighted by Gasteiger charge is -2.22. The van der Waals surface area contributed by atoms with Crippen LogP contribution < -0.4 is 15.0 Å². The van der Waals surface area contributed by atoms with Gasteiger partial charge in [-0.25, -0.2) is 8.42 Å². The first-order chi connectivity index (χ1) is 13.7. The van der Waals surface area contributed by atoms with Crippen LogP contribution in [-0.4, -0.2) is 38.6 Å². The molecule has 0 bridgehead atoms. The fourth-order valence-electron chi connectivity index (χ4n) is 3.31. The number of hydrogen-bond donors (Lipinski definition) is 1. The number of benzene rings is 2. The first-order valence-electron chi connectivity index (χ1n) is 9.20. The number of anilines is 1. The number of para-hydroxylation sites is 2. The van der Waals surface area contributed by atoms with E-state index >= 15 is 0 Å². The summed E-state index contributed by atoms with van der Waals surface area (Å²) < 4.78 is 30.0. The average molecular weight is 416 g/mol. The highest BCUT2D eigenvalue weighted by molar-refractivity contribution is 7.93. The van der Waals surface area contributed by atoms with Crippen LogP contribution in [0.2, 0.25) is 0 Å². The van der Waals surface area contributed by atoms with Crippen LogP contribution in [0, 0.1) is 0 Å². The highest BCUT2D eigenvalue weighted by atomic mass is 32.2. The van der Waals surface area contributed by atoms with Crippen LogP contribution in [0.3, 0.4) is 0 Å². The molecule has 0 fully saturated rings. The van der Waals surface area contributed by atoms with Gasteiger partial charge in [0.15, 0.2) is 9.84 Å². The van der Waals surface area contributed by atoms with E-state index in [-0.39, 0.29) is 30.1 Å². The van der Waals surface area contributed by atoms with Gasteiger partial charge >= 0.3 is 0 Å². The van der Waals surface area contributed by atoms with Gasteiger partial charge in [0.05, 0.1) is 22.4 Å². The number of carbonyl (C=O) groups excluding carboxylic acids is 2. The third-order valence-electron chi connectivity index (χ3n) is 5.02. The van der Waals surface area contributed by atoms with Crippen LogP contribution in [0.4, 0.5) is 5.69 Å². The highest BCUT2D eigenvalue weighted by Crippen LogP contribution is 2.38. The fourth-order valence-corrected chi connectivity index (χ4v) is 4.93. The lowest BCUT2D eigenvalue weighted by atomic mass is 10.1. The van der Waals surface area contributed by atoms with E-state index in [9.17, 15) is 18.0 Å². The smallest absolute Gasteiger partial charge is 0.240 e. The van der Waals surface area contributed by atoms with Crippen molar-refractivity contribution < 1.29 is 22.7 Å². The Balaban J connectivity index is 1.84. The molecule has 0 unspecified atom stereocenters. The molecule has 0 atom stereocenters. The van der Waals surface area contributed by atoms with E-state index in [2.05, 4.69) is 5.32 Å². The molecule has 0 saturated carbocycles. The van der Waals surface area contributed by atoms with Gasteiger partial charge in [0.25, 0.3) is 0 Å². The Morgan fingerprint density at radius 3 is 2.52 bits per heavy atom. The molecule has 29 heavy (non-hydrogen) atoms. The van der Waals surface area contributed by atoms with Gasteiger partial charge in [0.1, 0.15) is 12.3 Å². The minimum absolute atomic E-state index is 0.0633. The van der Waals surface area contributed by atoms with E-state index in [1.54, 1.807) is 31.4 Å². The number of ether oxygens (including phenoxy) is 1. The summed E-state index contributed by atoms with van der Waals surface area (Å²) in [5.74, 6) is -0.149. The van der Waals surface area contributed by atoms with Crippen molar-refractivity contribution in [2.45, 2.75) is 36.5 Å². The molecule has 0 saturated heterocycles. The molecule has 7 nitrogen and oxygen atoms in total. The molecule has 154 valence electrons. The quantitative estimate of drug-likeness (QED) is 0.807. The number of hydrogen-bond acceptors (Lipinski definition) is 5. The van der Waals surface area contributed by atoms with E-state index in [1.165, 1.54) is 24.8 Å². The summed E-state index contributed by atoms with van der Waals surface area (Å²) in [6.07, 6.45) is -0.205. The van der Waals surface area contributed by atoms with Gasteiger partial charge in [-0.1, -0.05) is 30.3 Å². The van der Waals surface area contributed by atoms with Crippen LogP contribution in [0.1, 0.15) is 25.8 Å². The van der Waals surface area contributed by atoms with Crippen LogP contribution in [0.15, 0.2) is 53.4 Å². The second-order valence-corrected chi connectivity index (χ2v) is 10.0. The number of methoxy groups -OCH3 is 1. The summed E-state index contributed by atoms with van der Waals surface area (Å²) in [5, 5.41) is 2.77. The van der Waals surface area contributed by atoms with Crippen molar-refractivity contribution in [1.29, 1.82) is 0 Å². The van der Waals surface area contributed by atoms with Gasteiger partial charge in [-0.2, -0.15) is 0 Å². The normalized spacial score (nSPS) is 17.2. The topological polar surface area (TPSA) is 92.8 Å². The molecule has 8 heteroatoms. The van der Waals surface area contributed by atoms with Gasteiger partial charge < -0.3 is 15.0 Å². The Bertz CT molecular complexity index is 1050. The number of nitrogens with one attached hydrogen (secondary N) is 1. The largest absolute Gasteiger partial charge is 0.496 e. The predicted octanol–water partition coefficient (Wildman–Crippen LogP) is 2.30. The third kappa shape index (κ3) is 3.98. The lowest BCUT2D eigenvalue weighted by molar-refractivity contribution is -0.124. The fraction of sp³-hybridized carbons (Fsp3) is 0.333. The Morgan fingerprint density at radius 1 is 1.14 bits per heavy atom. The average Bonchev–Trinajstić information content (AvgIpc) is 2.74. The molecular formula is C21H24N2O5S. The van der Waals surface area contributed by atoms with Gasteiger partial charge in [-0.15, -0.1) is 0 Å². The van der Waals surface area contributed by atoms with Gasteiger partial charge in [0.2, 0.25) is 11.8 Å². The molecule has 1 aliphatic rings. The number of carbonyl (C=O) groups is 2. The number of amides is 2. The van der Waals surface area contributed by atoms with E-state index in [0.29, 0.717) is 5.75 Å². The van der Waals surface area contributed by atoms with Crippen molar-refractivity contribution in [3.05, 3.63) is 54.1 Å². The molecule has 0 radical (unpaired) electrons. The number of sulfone groups is 1. The van der Waals surface area contributed by atoms with Crippen LogP contribution in [-0.2, 0) is 26.0 Å². The molecule has 2 aromatic carbocycles. The summed E-state index contributed by atoms with van der Waals surface area (Å²) in [6, 6.07) is 13.6. The third-order valence-corrected chi connectivity index (χ3v) is 7.54. The second kappa shape index (κ2) is 7.87. The van der Waals surface area contributed by atoms with Crippen LogP contribution in [0.5, 0.6) is 5.75 Å². The monoisotopic (exact) mass is 416 g/mol. The first kappa shape index (κ1) is 20.9. The van der Waals surface area contributed by atoms with E-state index in [1.807, 2.05) is 18.2 Å². The minimum atomic E-state index is -3.73. The van der Waals surface area contributed by atoms with Crippen LogP contribution in [0.25, 0.3) is 0 Å².